The fourth-order valence-electron chi connectivity index (χ4n) is 1.04. The van der Waals surface area contributed by atoms with Gasteiger partial charge in [-0.2, -0.15) is 0 Å². The molecule has 0 fully saturated rings. The van der Waals surface area contributed by atoms with Crippen molar-refractivity contribution in [3.05, 3.63) is 42.0 Å². The number of carboxylic acid groups (broad SMARTS) is 1. The molecule has 1 aromatic rings. The molecule has 0 aliphatic carbocycles. The Balaban J connectivity index is 3.08. The van der Waals surface area contributed by atoms with Gasteiger partial charge in [-0.15, -0.1) is 0 Å². The Morgan fingerprint density at radius 2 is 1.86 bits per heavy atom. The summed E-state index contributed by atoms with van der Waals surface area (Å²) in [5.41, 5.74) is -0.247. The number of carboxylic acids is 1. The molecule has 0 amide bonds. The quantitative estimate of drug-likeness (QED) is 0.757. The van der Waals surface area contributed by atoms with E-state index in [4.69, 9.17) is 5.11 Å². The van der Waals surface area contributed by atoms with Crippen LogP contribution in [0.25, 0.3) is 5.57 Å². The average molecular weight is 198 g/mol. The highest BCUT2D eigenvalue weighted by atomic mass is 19.3. The number of allylic oxidation sites excluding steroid dienone is 1. The predicted molar refractivity (Wildman–Crippen MR) is 48.1 cm³/mol. The molecule has 0 aromatic heterocycles. The number of aliphatic carboxylic acids is 1. The highest BCUT2D eigenvalue weighted by Crippen LogP contribution is 2.21. The van der Waals surface area contributed by atoms with Gasteiger partial charge in [0.25, 0.3) is 6.43 Å². The average Bonchev–Trinajstić information content (AvgIpc) is 2.15. The van der Waals surface area contributed by atoms with Crippen LogP contribution in [0.4, 0.5) is 8.78 Å². The van der Waals surface area contributed by atoms with Gasteiger partial charge in [-0.05, 0) is 5.56 Å². The first-order valence-electron chi connectivity index (χ1n) is 3.89. The highest BCUT2D eigenvalue weighted by molar-refractivity contribution is 5.90. The van der Waals surface area contributed by atoms with Crippen molar-refractivity contribution in [1.29, 1.82) is 0 Å². The number of carbonyl (C=O) groups is 1. The molecule has 0 saturated heterocycles. The molecule has 0 radical (unpaired) electrons. The van der Waals surface area contributed by atoms with Gasteiger partial charge in [-0.1, -0.05) is 30.3 Å². The van der Waals surface area contributed by atoms with Gasteiger partial charge < -0.3 is 5.11 Å². The van der Waals surface area contributed by atoms with E-state index < -0.39 is 18.0 Å². The lowest BCUT2D eigenvalue weighted by Gasteiger charge is -2.04. The van der Waals surface area contributed by atoms with Crippen LogP contribution >= 0.6 is 0 Å². The molecule has 1 N–H and O–H groups in total. The monoisotopic (exact) mass is 198 g/mol. The zero-order valence-electron chi connectivity index (χ0n) is 7.15. The van der Waals surface area contributed by atoms with Crippen molar-refractivity contribution in [3.8, 4) is 0 Å². The van der Waals surface area contributed by atoms with Crippen LogP contribution in [0.2, 0.25) is 0 Å². The molecule has 2 nitrogen and oxygen atoms in total. The third-order valence-corrected chi connectivity index (χ3v) is 1.62. The SMILES string of the molecule is O=C(O)/C=C(\c1ccccc1)C(F)F. The summed E-state index contributed by atoms with van der Waals surface area (Å²) in [6.45, 7) is 0. The first-order valence-corrected chi connectivity index (χ1v) is 3.89. The summed E-state index contributed by atoms with van der Waals surface area (Å²) in [6, 6.07) is 7.72. The molecule has 1 aromatic carbocycles. The lowest BCUT2D eigenvalue weighted by Crippen LogP contribution is -2.00. The Morgan fingerprint density at radius 3 is 2.29 bits per heavy atom. The van der Waals surface area contributed by atoms with Gasteiger partial charge in [0.1, 0.15) is 0 Å². The molecule has 0 saturated carbocycles. The maximum Gasteiger partial charge on any atom is 0.328 e. The summed E-state index contributed by atoms with van der Waals surface area (Å²) >= 11 is 0. The molecule has 0 heterocycles. The van der Waals surface area contributed by atoms with E-state index in [-0.39, 0.29) is 5.56 Å². The van der Waals surface area contributed by atoms with Crippen LogP contribution in [0.15, 0.2) is 36.4 Å². The second kappa shape index (κ2) is 4.50. The summed E-state index contributed by atoms with van der Waals surface area (Å²) < 4.78 is 24.8. The minimum absolute atomic E-state index is 0.227. The van der Waals surface area contributed by atoms with Gasteiger partial charge >= 0.3 is 5.97 Å². The van der Waals surface area contributed by atoms with Gasteiger partial charge in [0, 0.05) is 11.6 Å². The molecule has 0 aliphatic rings. The maximum absolute atomic E-state index is 12.4. The van der Waals surface area contributed by atoms with E-state index in [0.717, 1.165) is 0 Å². The Morgan fingerprint density at radius 1 is 1.29 bits per heavy atom. The molecule has 0 spiro atoms. The fraction of sp³-hybridized carbons (Fsp3) is 0.100. The number of alkyl halides is 2. The number of halogens is 2. The summed E-state index contributed by atoms with van der Waals surface area (Å²) in [6.07, 6.45) is -2.26. The second-order valence-corrected chi connectivity index (χ2v) is 2.60. The first kappa shape index (κ1) is 10.4. The van der Waals surface area contributed by atoms with Crippen LogP contribution < -0.4 is 0 Å². The lowest BCUT2D eigenvalue weighted by molar-refractivity contribution is -0.131. The molecule has 4 heteroatoms. The zero-order chi connectivity index (χ0) is 10.6. The van der Waals surface area contributed by atoms with Crippen molar-refractivity contribution >= 4 is 11.5 Å². The Labute approximate surface area is 79.5 Å². The topological polar surface area (TPSA) is 37.3 Å². The smallest absolute Gasteiger partial charge is 0.328 e. The lowest BCUT2D eigenvalue weighted by atomic mass is 10.1. The van der Waals surface area contributed by atoms with E-state index in [1.54, 1.807) is 18.2 Å². The minimum atomic E-state index is -2.78. The number of hydrogen-bond donors (Lipinski definition) is 1. The standard InChI is InChI=1S/C10H8F2O2/c11-10(12)8(6-9(13)14)7-4-2-1-3-5-7/h1-6,10H,(H,13,14)/b8-6+. The van der Waals surface area contributed by atoms with Crippen molar-refractivity contribution in [2.24, 2.45) is 0 Å². The Hall–Kier alpha value is -1.71. The highest BCUT2D eigenvalue weighted by Gasteiger charge is 2.14. The molecule has 14 heavy (non-hydrogen) atoms. The third kappa shape index (κ3) is 2.65. The molecule has 0 atom stereocenters. The molecule has 0 bridgehead atoms. The minimum Gasteiger partial charge on any atom is -0.478 e. The van der Waals surface area contributed by atoms with Crippen molar-refractivity contribution in [1.82, 2.24) is 0 Å². The van der Waals surface area contributed by atoms with Crippen molar-refractivity contribution in [2.75, 3.05) is 0 Å². The summed E-state index contributed by atoms with van der Waals surface area (Å²) in [4.78, 5) is 10.3. The van der Waals surface area contributed by atoms with Gasteiger partial charge in [0.05, 0.1) is 0 Å². The van der Waals surface area contributed by atoms with Crippen molar-refractivity contribution < 1.29 is 18.7 Å². The number of rotatable bonds is 3. The van der Waals surface area contributed by atoms with Crippen molar-refractivity contribution in [2.45, 2.75) is 6.43 Å². The van der Waals surface area contributed by atoms with E-state index in [0.29, 0.717) is 6.08 Å². The van der Waals surface area contributed by atoms with E-state index >= 15 is 0 Å². The van der Waals surface area contributed by atoms with Crippen molar-refractivity contribution in [3.63, 3.8) is 0 Å². The summed E-state index contributed by atoms with van der Waals surface area (Å²) in [5.74, 6) is -1.37. The largest absolute Gasteiger partial charge is 0.478 e. The number of hydrogen-bond acceptors (Lipinski definition) is 1. The van der Waals surface area contributed by atoms with Crippen LogP contribution in [0, 0.1) is 0 Å². The van der Waals surface area contributed by atoms with E-state index in [1.807, 2.05) is 0 Å². The molecule has 0 aliphatic heterocycles. The van der Waals surface area contributed by atoms with Crippen LogP contribution in [0.1, 0.15) is 5.56 Å². The Kier molecular flexibility index (Phi) is 3.34. The second-order valence-electron chi connectivity index (χ2n) is 2.60. The van der Waals surface area contributed by atoms with Gasteiger partial charge in [0.15, 0.2) is 0 Å². The van der Waals surface area contributed by atoms with Crippen LogP contribution in [-0.2, 0) is 4.79 Å². The van der Waals surface area contributed by atoms with Gasteiger partial charge in [0.2, 0.25) is 0 Å². The fourth-order valence-corrected chi connectivity index (χ4v) is 1.04. The molecule has 0 unspecified atom stereocenters. The maximum atomic E-state index is 12.4. The van der Waals surface area contributed by atoms with Crippen LogP contribution in [0.3, 0.4) is 0 Å². The van der Waals surface area contributed by atoms with Crippen LogP contribution in [-0.4, -0.2) is 17.5 Å². The Bertz CT molecular complexity index is 344. The van der Waals surface area contributed by atoms with Gasteiger partial charge in [-0.25, -0.2) is 13.6 Å². The summed E-state index contributed by atoms with van der Waals surface area (Å²) in [7, 11) is 0. The molecule has 1 rings (SSSR count). The van der Waals surface area contributed by atoms with E-state index in [9.17, 15) is 13.6 Å². The van der Waals surface area contributed by atoms with E-state index in [1.165, 1.54) is 12.1 Å². The van der Waals surface area contributed by atoms with E-state index in [2.05, 4.69) is 0 Å². The first-order chi connectivity index (χ1) is 6.61. The molecular weight excluding hydrogens is 190 g/mol. The zero-order valence-corrected chi connectivity index (χ0v) is 7.15. The normalized spacial score (nSPS) is 11.8. The van der Waals surface area contributed by atoms with Crippen LogP contribution in [0.5, 0.6) is 0 Å². The molecular formula is C10H8F2O2. The number of benzene rings is 1. The third-order valence-electron chi connectivity index (χ3n) is 1.62. The molecule has 74 valence electrons. The predicted octanol–water partition coefficient (Wildman–Crippen LogP) is 2.42. The summed E-state index contributed by atoms with van der Waals surface area (Å²) in [5, 5.41) is 8.38. The van der Waals surface area contributed by atoms with Gasteiger partial charge in [-0.3, -0.25) is 0 Å².